The van der Waals surface area contributed by atoms with Gasteiger partial charge in [-0.25, -0.2) is 0 Å². The normalized spacial score (nSPS) is 15.7. The molecule has 0 atom stereocenters. The Balaban J connectivity index is 1.56. The SMILES string of the molecule is CC(C)c1ccc(C=C2SC(=S)N(CCC(=O)NCc3ccco3)C2=O)cc1. The Morgan fingerprint density at radius 3 is 2.68 bits per heavy atom. The molecule has 2 aromatic rings. The molecule has 1 aromatic heterocycles. The summed E-state index contributed by atoms with van der Waals surface area (Å²) in [6.07, 6.45) is 3.59. The van der Waals surface area contributed by atoms with Crippen LogP contribution in [0.25, 0.3) is 6.08 Å². The number of thiocarbonyl (C=S) groups is 1. The van der Waals surface area contributed by atoms with Crippen LogP contribution in [0.4, 0.5) is 0 Å². The van der Waals surface area contributed by atoms with E-state index >= 15 is 0 Å². The first-order chi connectivity index (χ1) is 13.4. The standard InChI is InChI=1S/C21H22N2O3S2/c1-14(2)16-7-5-15(6-8-16)12-18-20(25)23(21(27)28-18)10-9-19(24)22-13-17-4-3-11-26-17/h3-8,11-12,14H,9-10,13H2,1-2H3,(H,22,24). The van der Waals surface area contributed by atoms with E-state index in [1.54, 1.807) is 18.4 Å². The van der Waals surface area contributed by atoms with Gasteiger partial charge in [-0.2, -0.15) is 0 Å². The quantitative estimate of drug-likeness (QED) is 0.540. The Morgan fingerprint density at radius 2 is 2.04 bits per heavy atom. The Kier molecular flexibility index (Phi) is 6.70. The minimum absolute atomic E-state index is 0.151. The molecule has 0 aliphatic carbocycles. The molecule has 1 aromatic carbocycles. The molecule has 0 spiro atoms. The monoisotopic (exact) mass is 414 g/mol. The molecule has 2 amide bonds. The predicted molar refractivity (Wildman–Crippen MR) is 116 cm³/mol. The highest BCUT2D eigenvalue weighted by atomic mass is 32.2. The molecule has 5 nitrogen and oxygen atoms in total. The number of hydrogen-bond donors (Lipinski definition) is 1. The predicted octanol–water partition coefficient (Wildman–Crippen LogP) is 4.31. The molecule has 3 rings (SSSR count). The topological polar surface area (TPSA) is 62.6 Å². The van der Waals surface area contributed by atoms with Gasteiger partial charge in [0.2, 0.25) is 5.91 Å². The molecule has 28 heavy (non-hydrogen) atoms. The van der Waals surface area contributed by atoms with E-state index in [1.165, 1.54) is 22.2 Å². The van der Waals surface area contributed by atoms with Crippen molar-refractivity contribution in [3.63, 3.8) is 0 Å². The highest BCUT2D eigenvalue weighted by molar-refractivity contribution is 8.26. The average molecular weight is 415 g/mol. The molecule has 2 heterocycles. The molecule has 1 aliphatic heterocycles. The summed E-state index contributed by atoms with van der Waals surface area (Å²) >= 11 is 6.60. The van der Waals surface area contributed by atoms with Crippen LogP contribution in [0.1, 0.15) is 43.1 Å². The van der Waals surface area contributed by atoms with Crippen LogP contribution in [0.2, 0.25) is 0 Å². The minimum atomic E-state index is -0.154. The van der Waals surface area contributed by atoms with Gasteiger partial charge in [0, 0.05) is 13.0 Å². The van der Waals surface area contributed by atoms with Gasteiger partial charge in [0.05, 0.1) is 17.7 Å². The van der Waals surface area contributed by atoms with Crippen LogP contribution in [0.3, 0.4) is 0 Å². The maximum absolute atomic E-state index is 12.7. The zero-order valence-electron chi connectivity index (χ0n) is 15.8. The lowest BCUT2D eigenvalue weighted by molar-refractivity contribution is -0.124. The van der Waals surface area contributed by atoms with Crippen LogP contribution in [-0.4, -0.2) is 27.6 Å². The van der Waals surface area contributed by atoms with Gasteiger partial charge < -0.3 is 9.73 Å². The van der Waals surface area contributed by atoms with Crippen LogP contribution in [0, 0.1) is 0 Å². The first kappa shape index (κ1) is 20.4. The largest absolute Gasteiger partial charge is 0.467 e. The van der Waals surface area contributed by atoms with Crippen molar-refractivity contribution in [3.8, 4) is 0 Å². The molecule has 1 aliphatic rings. The van der Waals surface area contributed by atoms with Crippen molar-refractivity contribution in [2.45, 2.75) is 32.7 Å². The van der Waals surface area contributed by atoms with Gasteiger partial charge in [0.1, 0.15) is 10.1 Å². The number of amides is 2. The lowest BCUT2D eigenvalue weighted by Gasteiger charge is -2.13. The van der Waals surface area contributed by atoms with E-state index in [2.05, 4.69) is 31.3 Å². The molecular formula is C21H22N2O3S2. The Bertz CT molecular complexity index is 887. The van der Waals surface area contributed by atoms with Crippen LogP contribution < -0.4 is 5.32 Å². The molecule has 1 N–H and O–H groups in total. The van der Waals surface area contributed by atoms with Crippen LogP contribution in [-0.2, 0) is 16.1 Å². The van der Waals surface area contributed by atoms with Crippen LogP contribution >= 0.6 is 24.0 Å². The molecule has 0 radical (unpaired) electrons. The maximum atomic E-state index is 12.7. The minimum Gasteiger partial charge on any atom is -0.467 e. The van der Waals surface area contributed by atoms with E-state index in [-0.39, 0.29) is 24.8 Å². The summed E-state index contributed by atoms with van der Waals surface area (Å²) in [5, 5.41) is 2.77. The smallest absolute Gasteiger partial charge is 0.266 e. The first-order valence-corrected chi connectivity index (χ1v) is 10.3. The summed E-state index contributed by atoms with van der Waals surface area (Å²) in [6, 6.07) is 11.7. The second-order valence-electron chi connectivity index (χ2n) is 6.76. The summed E-state index contributed by atoms with van der Waals surface area (Å²) in [7, 11) is 0. The summed E-state index contributed by atoms with van der Waals surface area (Å²) in [6.45, 7) is 4.88. The molecule has 146 valence electrons. The van der Waals surface area contributed by atoms with Gasteiger partial charge in [-0.15, -0.1) is 0 Å². The van der Waals surface area contributed by atoms with Gasteiger partial charge in [0.15, 0.2) is 0 Å². The van der Waals surface area contributed by atoms with Crippen molar-refractivity contribution in [3.05, 3.63) is 64.5 Å². The number of thioether (sulfide) groups is 1. The van der Waals surface area contributed by atoms with Gasteiger partial charge in [-0.3, -0.25) is 14.5 Å². The lowest BCUT2D eigenvalue weighted by atomic mass is 10.0. The zero-order chi connectivity index (χ0) is 20.1. The van der Waals surface area contributed by atoms with E-state index in [0.717, 1.165) is 5.56 Å². The summed E-state index contributed by atoms with van der Waals surface area (Å²) in [4.78, 5) is 26.7. The highest BCUT2D eigenvalue weighted by Gasteiger charge is 2.32. The molecule has 0 saturated carbocycles. The molecule has 7 heteroatoms. The molecular weight excluding hydrogens is 392 g/mol. The van der Waals surface area contributed by atoms with Gasteiger partial charge in [0.25, 0.3) is 5.91 Å². The summed E-state index contributed by atoms with van der Waals surface area (Å²) < 4.78 is 5.66. The van der Waals surface area contributed by atoms with E-state index < -0.39 is 0 Å². The van der Waals surface area contributed by atoms with Crippen LogP contribution in [0.5, 0.6) is 0 Å². The maximum Gasteiger partial charge on any atom is 0.266 e. The number of furan rings is 1. The Morgan fingerprint density at radius 1 is 1.29 bits per heavy atom. The first-order valence-electron chi connectivity index (χ1n) is 9.08. The Hall–Kier alpha value is -2.38. The summed E-state index contributed by atoms with van der Waals surface area (Å²) in [5.41, 5.74) is 2.21. The number of benzene rings is 1. The average Bonchev–Trinajstić information content (AvgIpc) is 3.28. The number of nitrogens with zero attached hydrogens (tertiary/aromatic N) is 1. The Labute approximate surface area is 174 Å². The van der Waals surface area contributed by atoms with Crippen LogP contribution in [0.15, 0.2) is 52.0 Å². The number of rotatable bonds is 7. The molecule has 0 bridgehead atoms. The number of nitrogens with one attached hydrogen (secondary N) is 1. The van der Waals surface area contributed by atoms with Crippen molar-refractivity contribution in [1.29, 1.82) is 0 Å². The molecule has 0 unspecified atom stereocenters. The van der Waals surface area contributed by atoms with Crippen molar-refractivity contribution in [2.24, 2.45) is 0 Å². The van der Waals surface area contributed by atoms with Gasteiger partial charge in [-0.05, 0) is 35.3 Å². The summed E-state index contributed by atoms with van der Waals surface area (Å²) in [5.74, 6) is 0.844. The molecule has 1 saturated heterocycles. The van der Waals surface area contributed by atoms with E-state index in [4.69, 9.17) is 16.6 Å². The second kappa shape index (κ2) is 9.21. The lowest BCUT2D eigenvalue weighted by Crippen LogP contribution is -2.33. The highest BCUT2D eigenvalue weighted by Crippen LogP contribution is 2.32. The number of carbonyl (C=O) groups is 2. The zero-order valence-corrected chi connectivity index (χ0v) is 17.4. The van der Waals surface area contributed by atoms with Crippen molar-refractivity contribution >= 4 is 46.2 Å². The fraction of sp³-hybridized carbons (Fsp3) is 0.286. The molecule has 1 fully saturated rings. The van der Waals surface area contributed by atoms with E-state index in [9.17, 15) is 9.59 Å². The number of hydrogen-bond acceptors (Lipinski definition) is 5. The number of carbonyl (C=O) groups excluding carboxylic acids is 2. The second-order valence-corrected chi connectivity index (χ2v) is 8.44. The van der Waals surface area contributed by atoms with Crippen molar-refractivity contribution < 1.29 is 14.0 Å². The third-order valence-corrected chi connectivity index (χ3v) is 5.75. The van der Waals surface area contributed by atoms with E-state index in [1.807, 2.05) is 18.2 Å². The fourth-order valence-corrected chi connectivity index (χ4v) is 4.03. The third-order valence-electron chi connectivity index (χ3n) is 4.38. The van der Waals surface area contributed by atoms with E-state index in [0.29, 0.717) is 27.4 Å². The van der Waals surface area contributed by atoms with Gasteiger partial charge >= 0.3 is 0 Å². The van der Waals surface area contributed by atoms with Gasteiger partial charge in [-0.1, -0.05) is 62.1 Å². The third kappa shape index (κ3) is 5.11. The fourth-order valence-electron chi connectivity index (χ4n) is 2.72. The van der Waals surface area contributed by atoms with Crippen molar-refractivity contribution in [2.75, 3.05) is 6.54 Å². The van der Waals surface area contributed by atoms with Crippen molar-refractivity contribution in [1.82, 2.24) is 10.2 Å².